The molecule has 0 saturated carbocycles. The normalized spacial score (nSPS) is 14.4. The van der Waals surface area contributed by atoms with E-state index in [2.05, 4.69) is 0 Å². The van der Waals surface area contributed by atoms with Gasteiger partial charge in [0.2, 0.25) is 0 Å². The van der Waals surface area contributed by atoms with E-state index in [4.69, 9.17) is 4.74 Å². The first-order valence-corrected chi connectivity index (χ1v) is 5.60. The molecule has 0 aliphatic carbocycles. The molecule has 0 aliphatic heterocycles. The highest BCUT2D eigenvalue weighted by atomic mass is 32.2. The summed E-state index contributed by atoms with van der Waals surface area (Å²) in [6.45, 7) is 4.67. The number of carbonyl (C=O) groups excluding carboxylic acids is 1. The van der Waals surface area contributed by atoms with Gasteiger partial charge in [0.15, 0.2) is 15.1 Å². The molecule has 1 unspecified atom stereocenters. The van der Waals surface area contributed by atoms with Crippen LogP contribution >= 0.6 is 0 Å². The van der Waals surface area contributed by atoms with E-state index < -0.39 is 21.1 Å². The number of esters is 1. The van der Waals surface area contributed by atoms with Crippen LogP contribution in [-0.2, 0) is 19.4 Å². The first-order valence-electron chi connectivity index (χ1n) is 3.64. The fourth-order valence-corrected chi connectivity index (χ4v) is 0.908. The molecule has 0 aromatic carbocycles. The lowest BCUT2D eigenvalue weighted by Crippen LogP contribution is -2.30. The molecule has 0 radical (unpaired) electrons. The second-order valence-electron chi connectivity index (χ2n) is 2.96. The van der Waals surface area contributed by atoms with Crippen LogP contribution in [-0.4, -0.2) is 32.0 Å². The van der Waals surface area contributed by atoms with Crippen LogP contribution in [0.4, 0.5) is 0 Å². The summed E-state index contributed by atoms with van der Waals surface area (Å²) < 4.78 is 26.4. The van der Waals surface area contributed by atoms with Gasteiger partial charge in [-0.05, 0) is 20.8 Å². The van der Waals surface area contributed by atoms with Crippen molar-refractivity contribution in [3.63, 3.8) is 0 Å². The molecule has 4 nitrogen and oxygen atoms in total. The lowest BCUT2D eigenvalue weighted by molar-refractivity contribution is -0.146. The van der Waals surface area contributed by atoms with Gasteiger partial charge in [-0.3, -0.25) is 4.79 Å². The van der Waals surface area contributed by atoms with Crippen molar-refractivity contribution in [3.8, 4) is 0 Å². The maximum atomic E-state index is 11.0. The van der Waals surface area contributed by atoms with E-state index >= 15 is 0 Å². The van der Waals surface area contributed by atoms with Crippen molar-refractivity contribution in [2.45, 2.75) is 32.1 Å². The van der Waals surface area contributed by atoms with Gasteiger partial charge in [0.05, 0.1) is 6.10 Å². The van der Waals surface area contributed by atoms with Gasteiger partial charge < -0.3 is 4.74 Å². The van der Waals surface area contributed by atoms with Gasteiger partial charge in [-0.1, -0.05) is 0 Å². The quantitative estimate of drug-likeness (QED) is 0.609. The van der Waals surface area contributed by atoms with Crippen LogP contribution in [0.1, 0.15) is 20.8 Å². The Labute approximate surface area is 72.8 Å². The van der Waals surface area contributed by atoms with Crippen molar-refractivity contribution < 1.29 is 17.9 Å². The summed E-state index contributed by atoms with van der Waals surface area (Å²) in [5, 5.41) is -1.07. The zero-order chi connectivity index (χ0) is 9.94. The molecule has 0 heterocycles. The smallest absolute Gasteiger partial charge is 0.324 e. The van der Waals surface area contributed by atoms with Crippen LogP contribution in [0.2, 0.25) is 0 Å². The van der Waals surface area contributed by atoms with Crippen molar-refractivity contribution in [1.82, 2.24) is 0 Å². The molecular weight excluding hydrogens is 180 g/mol. The Morgan fingerprint density at radius 1 is 1.25 bits per heavy atom. The molecule has 1 atom stereocenters. The second kappa shape index (κ2) is 3.89. The van der Waals surface area contributed by atoms with Gasteiger partial charge in [0.25, 0.3) is 0 Å². The highest BCUT2D eigenvalue weighted by Gasteiger charge is 2.25. The molecule has 0 bridgehead atoms. The monoisotopic (exact) mass is 194 g/mol. The highest BCUT2D eigenvalue weighted by Crippen LogP contribution is 2.02. The summed E-state index contributed by atoms with van der Waals surface area (Å²) >= 11 is 0. The van der Waals surface area contributed by atoms with Crippen LogP contribution in [0, 0.1) is 0 Å². The van der Waals surface area contributed by atoms with Gasteiger partial charge in [-0.15, -0.1) is 0 Å². The van der Waals surface area contributed by atoms with Crippen LogP contribution in [0.5, 0.6) is 0 Å². The Morgan fingerprint density at radius 3 is 1.92 bits per heavy atom. The third kappa shape index (κ3) is 3.71. The molecule has 0 fully saturated rings. The van der Waals surface area contributed by atoms with Crippen LogP contribution in [0.3, 0.4) is 0 Å². The van der Waals surface area contributed by atoms with Crippen LogP contribution in [0.25, 0.3) is 0 Å². The first-order chi connectivity index (χ1) is 5.25. The van der Waals surface area contributed by atoms with Crippen molar-refractivity contribution in [3.05, 3.63) is 0 Å². The molecule has 5 heteroatoms. The topological polar surface area (TPSA) is 60.4 Å². The predicted octanol–water partition coefficient (Wildman–Crippen LogP) is 0.371. The second-order valence-corrected chi connectivity index (χ2v) is 5.32. The molecule has 0 spiro atoms. The maximum absolute atomic E-state index is 11.0. The molecule has 0 amide bonds. The zero-order valence-electron chi connectivity index (χ0n) is 7.70. The van der Waals surface area contributed by atoms with E-state index in [1.807, 2.05) is 0 Å². The number of hydrogen-bond acceptors (Lipinski definition) is 4. The molecular formula is C7H14O4S. The zero-order valence-corrected chi connectivity index (χ0v) is 8.51. The minimum atomic E-state index is -3.32. The van der Waals surface area contributed by atoms with E-state index in [1.54, 1.807) is 13.8 Å². The molecule has 0 aromatic heterocycles. The lowest BCUT2D eigenvalue weighted by atomic mass is 10.4. The van der Waals surface area contributed by atoms with Gasteiger partial charge in [-0.25, -0.2) is 8.42 Å². The number of sulfone groups is 1. The third-order valence-electron chi connectivity index (χ3n) is 1.33. The molecule has 0 N–H and O–H groups in total. The molecule has 0 rings (SSSR count). The number of hydrogen-bond donors (Lipinski definition) is 0. The molecule has 12 heavy (non-hydrogen) atoms. The summed E-state index contributed by atoms with van der Waals surface area (Å²) in [6.07, 6.45) is 0.737. The van der Waals surface area contributed by atoms with E-state index in [9.17, 15) is 13.2 Å². The summed E-state index contributed by atoms with van der Waals surface area (Å²) in [5.74, 6) is -0.687. The Bertz CT molecular complexity index is 253. The van der Waals surface area contributed by atoms with Gasteiger partial charge in [-0.2, -0.15) is 0 Å². The largest absolute Gasteiger partial charge is 0.462 e. The Balaban J connectivity index is 4.32. The average molecular weight is 194 g/mol. The Hall–Kier alpha value is -0.580. The lowest BCUT2D eigenvalue weighted by Gasteiger charge is -2.11. The number of rotatable bonds is 3. The standard InChI is InChI=1S/C7H14O4S/c1-5(2)11-7(8)6(3)12(4,9)10/h5-6H,1-4H3. The Kier molecular flexibility index (Phi) is 3.70. The SMILES string of the molecule is CC(C)OC(=O)C(C)S(C)(=O)=O. The summed E-state index contributed by atoms with van der Waals surface area (Å²) in [7, 11) is -3.32. The fourth-order valence-electron chi connectivity index (χ4n) is 0.503. The third-order valence-corrected chi connectivity index (χ3v) is 2.80. The summed E-state index contributed by atoms with van der Waals surface area (Å²) in [6, 6.07) is 0. The molecule has 0 saturated heterocycles. The van der Waals surface area contributed by atoms with E-state index in [1.165, 1.54) is 6.92 Å². The minimum absolute atomic E-state index is 0.276. The van der Waals surface area contributed by atoms with E-state index in [-0.39, 0.29) is 6.10 Å². The summed E-state index contributed by atoms with van der Waals surface area (Å²) in [5.41, 5.74) is 0. The van der Waals surface area contributed by atoms with E-state index in [0.717, 1.165) is 6.26 Å². The van der Waals surface area contributed by atoms with Gasteiger partial charge in [0, 0.05) is 6.26 Å². The molecule has 0 aliphatic rings. The van der Waals surface area contributed by atoms with E-state index in [0.29, 0.717) is 0 Å². The van der Waals surface area contributed by atoms with Gasteiger partial charge >= 0.3 is 5.97 Å². The average Bonchev–Trinajstić information content (AvgIpc) is 1.82. The Morgan fingerprint density at radius 2 is 1.67 bits per heavy atom. The van der Waals surface area contributed by atoms with Crippen LogP contribution < -0.4 is 0 Å². The maximum Gasteiger partial charge on any atom is 0.324 e. The number of carbonyl (C=O) groups is 1. The first kappa shape index (κ1) is 11.4. The number of ether oxygens (including phenoxy) is 1. The predicted molar refractivity (Wildman–Crippen MR) is 45.5 cm³/mol. The molecule has 72 valence electrons. The van der Waals surface area contributed by atoms with Crippen molar-refractivity contribution >= 4 is 15.8 Å². The van der Waals surface area contributed by atoms with Gasteiger partial charge in [0.1, 0.15) is 0 Å². The van der Waals surface area contributed by atoms with Crippen molar-refractivity contribution in [2.75, 3.05) is 6.26 Å². The molecule has 0 aromatic rings. The minimum Gasteiger partial charge on any atom is -0.462 e. The van der Waals surface area contributed by atoms with Crippen LogP contribution in [0.15, 0.2) is 0 Å². The highest BCUT2D eigenvalue weighted by molar-refractivity contribution is 7.92. The van der Waals surface area contributed by atoms with Crippen molar-refractivity contribution in [2.24, 2.45) is 0 Å². The van der Waals surface area contributed by atoms with Crippen molar-refractivity contribution in [1.29, 1.82) is 0 Å². The summed E-state index contributed by atoms with van der Waals surface area (Å²) in [4.78, 5) is 11.0. The fraction of sp³-hybridized carbons (Fsp3) is 0.857.